The van der Waals surface area contributed by atoms with Crippen molar-refractivity contribution in [2.45, 2.75) is 44.4 Å². The molecule has 0 saturated carbocycles. The predicted molar refractivity (Wildman–Crippen MR) is 163 cm³/mol. The lowest BCUT2D eigenvalue weighted by Crippen LogP contribution is -2.34. The molecule has 46 heavy (non-hydrogen) atoms. The summed E-state index contributed by atoms with van der Waals surface area (Å²) in [4.78, 5) is 24.8. The number of nitrogens with zero attached hydrogens (tertiary/aromatic N) is 3. The van der Waals surface area contributed by atoms with E-state index in [1.165, 1.54) is 44.7 Å². The van der Waals surface area contributed by atoms with Gasteiger partial charge < -0.3 is 24.3 Å². The van der Waals surface area contributed by atoms with E-state index in [9.17, 15) is 26.4 Å². The molecule has 4 rings (SSSR count). The van der Waals surface area contributed by atoms with Gasteiger partial charge in [0.25, 0.3) is 0 Å². The van der Waals surface area contributed by atoms with Crippen molar-refractivity contribution < 1.29 is 45.3 Å². The lowest BCUT2D eigenvalue weighted by Gasteiger charge is -2.18. The van der Waals surface area contributed by atoms with Crippen LogP contribution in [0.3, 0.4) is 0 Å². The second-order valence-electron chi connectivity index (χ2n) is 10.1. The summed E-state index contributed by atoms with van der Waals surface area (Å²) < 4.78 is 88.7. The quantitative estimate of drug-likeness (QED) is 0.171. The molecule has 4 aromatic rings. The van der Waals surface area contributed by atoms with E-state index in [1.54, 1.807) is 30.7 Å². The van der Waals surface area contributed by atoms with Crippen LogP contribution in [0, 0.1) is 0 Å². The van der Waals surface area contributed by atoms with E-state index in [1.807, 2.05) is 6.92 Å². The Hall–Kier alpha value is -4.70. The molecule has 0 aliphatic heterocycles. The van der Waals surface area contributed by atoms with Gasteiger partial charge in [-0.2, -0.15) is 18.2 Å². The molecule has 0 aliphatic rings. The molecule has 0 aliphatic carbocycles. The molecule has 0 spiro atoms. The monoisotopic (exact) mass is 663 g/mol. The maximum Gasteiger partial charge on any atom is 0.402 e. The Morgan fingerprint density at radius 3 is 2.43 bits per heavy atom. The Morgan fingerprint density at radius 2 is 1.78 bits per heavy atom. The van der Waals surface area contributed by atoms with Crippen LogP contribution in [-0.2, 0) is 14.8 Å². The fourth-order valence-corrected chi connectivity index (χ4v) is 5.42. The van der Waals surface area contributed by atoms with Gasteiger partial charge in [0.05, 0.1) is 49.3 Å². The lowest BCUT2D eigenvalue weighted by atomic mass is 10.0. The van der Waals surface area contributed by atoms with E-state index in [-0.39, 0.29) is 58.2 Å². The SMILES string of the molecule is CCCOC(=O)c1cc(Nc2c(S(=O)(=O)NCC(F)(F)F)cnc3cc(-c4cnc(OC)nc4OC)ccc23)cc(OC(C)C)c1. The van der Waals surface area contributed by atoms with Crippen LogP contribution in [0.25, 0.3) is 22.0 Å². The van der Waals surface area contributed by atoms with Gasteiger partial charge in [0.15, 0.2) is 0 Å². The number of hydrogen-bond donors (Lipinski definition) is 2. The Balaban J connectivity index is 1.89. The minimum Gasteiger partial charge on any atom is -0.491 e. The molecular weight excluding hydrogens is 631 g/mol. The van der Waals surface area contributed by atoms with Crippen LogP contribution in [0.1, 0.15) is 37.6 Å². The Labute approximate surface area is 263 Å². The van der Waals surface area contributed by atoms with Crippen LogP contribution < -0.4 is 24.2 Å². The summed E-state index contributed by atoms with van der Waals surface area (Å²) in [5.41, 5.74) is 1.50. The van der Waals surface area contributed by atoms with Crippen LogP contribution >= 0.6 is 0 Å². The summed E-state index contributed by atoms with van der Waals surface area (Å²) in [6.45, 7) is 3.77. The molecular formula is C30H32F3N5O7S. The fourth-order valence-electron chi connectivity index (χ4n) is 4.28. The number of pyridine rings is 1. The first-order chi connectivity index (χ1) is 21.7. The van der Waals surface area contributed by atoms with Gasteiger partial charge in [-0.25, -0.2) is 22.9 Å². The molecule has 16 heteroatoms. The number of nitrogens with one attached hydrogen (secondary N) is 2. The van der Waals surface area contributed by atoms with Gasteiger partial charge in [-0.05, 0) is 44.0 Å². The molecule has 0 bridgehead atoms. The summed E-state index contributed by atoms with van der Waals surface area (Å²) >= 11 is 0. The zero-order valence-corrected chi connectivity index (χ0v) is 26.4. The third-order valence-corrected chi connectivity index (χ3v) is 7.64. The van der Waals surface area contributed by atoms with Gasteiger partial charge in [0, 0.05) is 29.5 Å². The van der Waals surface area contributed by atoms with E-state index in [2.05, 4.69) is 20.3 Å². The molecule has 0 amide bonds. The Bertz CT molecular complexity index is 1840. The highest BCUT2D eigenvalue weighted by Crippen LogP contribution is 2.37. The van der Waals surface area contributed by atoms with Crippen LogP contribution in [0.5, 0.6) is 17.6 Å². The molecule has 0 radical (unpaired) electrons. The largest absolute Gasteiger partial charge is 0.491 e. The van der Waals surface area contributed by atoms with Gasteiger partial charge in [-0.1, -0.05) is 19.1 Å². The molecule has 2 aromatic carbocycles. The van der Waals surface area contributed by atoms with E-state index in [0.717, 1.165) is 6.20 Å². The smallest absolute Gasteiger partial charge is 0.402 e. The maximum atomic E-state index is 13.2. The number of carbonyl (C=O) groups excluding carboxylic acids is 1. The maximum absolute atomic E-state index is 13.2. The van der Waals surface area contributed by atoms with Gasteiger partial charge in [0.2, 0.25) is 15.9 Å². The molecule has 2 heterocycles. The molecule has 0 atom stereocenters. The highest BCUT2D eigenvalue weighted by atomic mass is 32.2. The average molecular weight is 664 g/mol. The first kappa shape index (κ1) is 34.2. The van der Waals surface area contributed by atoms with Gasteiger partial charge in [-0.15, -0.1) is 0 Å². The lowest BCUT2D eigenvalue weighted by molar-refractivity contribution is -0.121. The number of hydrogen-bond acceptors (Lipinski definition) is 11. The molecule has 12 nitrogen and oxygen atoms in total. The first-order valence-electron chi connectivity index (χ1n) is 13.9. The van der Waals surface area contributed by atoms with Gasteiger partial charge >= 0.3 is 18.2 Å². The van der Waals surface area contributed by atoms with Crippen molar-refractivity contribution >= 4 is 38.3 Å². The minimum absolute atomic E-state index is 0.0776. The molecule has 246 valence electrons. The Kier molecular flexibility index (Phi) is 10.5. The average Bonchev–Trinajstić information content (AvgIpc) is 3.01. The van der Waals surface area contributed by atoms with E-state index >= 15 is 0 Å². The summed E-state index contributed by atoms with van der Waals surface area (Å²) in [5.74, 6) is -0.168. The van der Waals surface area contributed by atoms with Crippen LogP contribution in [-0.4, -0.2) is 69.0 Å². The molecule has 0 fully saturated rings. The number of anilines is 2. The molecule has 2 N–H and O–H groups in total. The highest BCUT2D eigenvalue weighted by molar-refractivity contribution is 7.89. The number of rotatable bonds is 13. The Morgan fingerprint density at radius 1 is 1.02 bits per heavy atom. The van der Waals surface area contributed by atoms with Crippen molar-refractivity contribution in [3.63, 3.8) is 0 Å². The van der Waals surface area contributed by atoms with Crippen molar-refractivity contribution in [2.75, 3.05) is 32.7 Å². The number of benzene rings is 2. The zero-order valence-electron chi connectivity index (χ0n) is 25.6. The number of sulfonamides is 1. The minimum atomic E-state index is -4.81. The van der Waals surface area contributed by atoms with Crippen molar-refractivity contribution in [3.8, 4) is 28.8 Å². The molecule has 2 aromatic heterocycles. The molecule has 0 saturated heterocycles. The van der Waals surface area contributed by atoms with Crippen molar-refractivity contribution in [2.24, 2.45) is 0 Å². The second-order valence-corrected chi connectivity index (χ2v) is 11.9. The number of halogens is 3. The predicted octanol–water partition coefficient (Wildman–Crippen LogP) is 5.65. The number of fused-ring (bicyclic) bond motifs is 1. The number of carbonyl (C=O) groups is 1. The summed E-state index contributed by atoms with van der Waals surface area (Å²) in [6.07, 6.45) is -2.08. The van der Waals surface area contributed by atoms with Gasteiger partial charge in [-0.3, -0.25) is 4.98 Å². The summed E-state index contributed by atoms with van der Waals surface area (Å²) in [5, 5.41) is 3.22. The summed E-state index contributed by atoms with van der Waals surface area (Å²) in [7, 11) is -1.94. The third-order valence-electron chi connectivity index (χ3n) is 6.23. The second kappa shape index (κ2) is 14.2. The van der Waals surface area contributed by atoms with E-state index < -0.39 is 33.6 Å². The third kappa shape index (κ3) is 8.31. The highest BCUT2D eigenvalue weighted by Gasteiger charge is 2.32. The van der Waals surface area contributed by atoms with Crippen molar-refractivity contribution in [3.05, 3.63) is 54.4 Å². The van der Waals surface area contributed by atoms with Gasteiger partial charge in [0.1, 0.15) is 17.2 Å². The number of methoxy groups -OCH3 is 2. The molecule has 0 unspecified atom stereocenters. The topological polar surface area (TPSA) is 151 Å². The van der Waals surface area contributed by atoms with E-state index in [0.29, 0.717) is 17.5 Å². The number of aromatic nitrogens is 3. The van der Waals surface area contributed by atoms with Crippen molar-refractivity contribution in [1.29, 1.82) is 0 Å². The van der Waals surface area contributed by atoms with Crippen LogP contribution in [0.15, 0.2) is 53.7 Å². The first-order valence-corrected chi connectivity index (χ1v) is 15.4. The number of alkyl halides is 3. The van der Waals surface area contributed by atoms with Crippen LogP contribution in [0.2, 0.25) is 0 Å². The normalized spacial score (nSPS) is 11.8. The van der Waals surface area contributed by atoms with Crippen molar-refractivity contribution in [1.82, 2.24) is 19.7 Å². The summed E-state index contributed by atoms with van der Waals surface area (Å²) in [6, 6.07) is 9.27. The zero-order chi connectivity index (χ0) is 33.6. The standard InChI is InChI=1S/C30H32F3N5O7S/c1-6-9-44-28(39)19-10-20(13-21(11-19)45-17(2)3)37-26-22-8-7-18(23-14-35-29(43-5)38-27(23)42-4)12-24(22)34-15-25(26)46(40,41)36-16-30(31,32)33/h7-8,10-15,17,36H,6,9,16H2,1-5H3,(H,34,37). The van der Waals surface area contributed by atoms with E-state index in [4.69, 9.17) is 18.9 Å². The fraction of sp³-hybridized carbons (Fsp3) is 0.333. The van der Waals surface area contributed by atoms with Crippen LogP contribution in [0.4, 0.5) is 24.5 Å². The number of ether oxygens (including phenoxy) is 4. The number of esters is 1.